The SMILES string of the molecule is CC(C)(C)OC(=O)n1cc2c(n1)-c1c(C(=O)O)cn(C(=O)OC(C)(C)C)c1CCC2. The van der Waals surface area contributed by atoms with Gasteiger partial charge in [-0.2, -0.15) is 9.78 Å². The second kappa shape index (κ2) is 7.30. The highest BCUT2D eigenvalue weighted by Gasteiger charge is 2.32. The maximum atomic E-state index is 12.7. The number of fused-ring (bicyclic) bond motifs is 3. The Morgan fingerprint density at radius 3 is 2.13 bits per heavy atom. The molecule has 1 aliphatic rings. The third kappa shape index (κ3) is 4.39. The summed E-state index contributed by atoms with van der Waals surface area (Å²) in [4.78, 5) is 37.1. The lowest BCUT2D eigenvalue weighted by molar-refractivity contribution is 0.0508. The predicted octanol–water partition coefficient (Wildman–Crippen LogP) is 4.10. The summed E-state index contributed by atoms with van der Waals surface area (Å²) in [6.07, 6.45) is 3.25. The van der Waals surface area contributed by atoms with E-state index in [1.807, 2.05) is 0 Å². The van der Waals surface area contributed by atoms with Crippen molar-refractivity contribution in [1.29, 1.82) is 0 Å². The summed E-state index contributed by atoms with van der Waals surface area (Å²) in [6, 6.07) is 0. The highest BCUT2D eigenvalue weighted by Crippen LogP contribution is 2.36. The number of carboxylic acid groups (broad SMARTS) is 1. The molecule has 1 N–H and O–H groups in total. The highest BCUT2D eigenvalue weighted by molar-refractivity contribution is 5.98. The summed E-state index contributed by atoms with van der Waals surface area (Å²) in [7, 11) is 0. The molecule has 2 heterocycles. The number of aryl methyl sites for hydroxylation is 1. The Morgan fingerprint density at radius 1 is 0.967 bits per heavy atom. The summed E-state index contributed by atoms with van der Waals surface area (Å²) in [5.41, 5.74) is 0.451. The third-order valence-corrected chi connectivity index (χ3v) is 4.39. The molecule has 9 heteroatoms. The van der Waals surface area contributed by atoms with Gasteiger partial charge in [-0.05, 0) is 66.4 Å². The molecule has 1 aliphatic carbocycles. The van der Waals surface area contributed by atoms with Crippen LogP contribution in [0.15, 0.2) is 12.4 Å². The summed E-state index contributed by atoms with van der Waals surface area (Å²) in [5.74, 6) is -1.19. The van der Waals surface area contributed by atoms with Gasteiger partial charge in [-0.15, -0.1) is 0 Å². The fourth-order valence-corrected chi connectivity index (χ4v) is 3.34. The Bertz CT molecular complexity index is 1020. The number of nitrogens with zero attached hydrogens (tertiary/aromatic N) is 3. The summed E-state index contributed by atoms with van der Waals surface area (Å²) in [5, 5.41) is 14.1. The van der Waals surface area contributed by atoms with Crippen molar-refractivity contribution in [1.82, 2.24) is 14.3 Å². The van der Waals surface area contributed by atoms with Crippen LogP contribution in [0.3, 0.4) is 0 Å². The maximum absolute atomic E-state index is 12.7. The minimum absolute atomic E-state index is 0.0616. The fourth-order valence-electron chi connectivity index (χ4n) is 3.34. The number of carbonyl (C=O) groups excluding carboxylic acids is 2. The molecule has 0 unspecified atom stereocenters. The van der Waals surface area contributed by atoms with Crippen molar-refractivity contribution in [2.24, 2.45) is 0 Å². The smallest absolute Gasteiger partial charge is 0.435 e. The Labute approximate surface area is 174 Å². The number of carbonyl (C=O) groups is 3. The topological polar surface area (TPSA) is 113 Å². The van der Waals surface area contributed by atoms with Crippen LogP contribution in [0.4, 0.5) is 9.59 Å². The molecule has 0 amide bonds. The number of rotatable bonds is 1. The van der Waals surface area contributed by atoms with E-state index >= 15 is 0 Å². The molecule has 162 valence electrons. The molecule has 2 aromatic heterocycles. The van der Waals surface area contributed by atoms with Crippen molar-refractivity contribution in [3.05, 3.63) is 29.2 Å². The molecule has 0 radical (unpaired) electrons. The summed E-state index contributed by atoms with van der Waals surface area (Å²) < 4.78 is 13.1. The summed E-state index contributed by atoms with van der Waals surface area (Å²) in [6.45, 7) is 10.5. The zero-order chi connectivity index (χ0) is 22.4. The Kier molecular flexibility index (Phi) is 5.26. The fraction of sp³-hybridized carbons (Fsp3) is 0.524. The van der Waals surface area contributed by atoms with Crippen LogP contribution < -0.4 is 0 Å². The van der Waals surface area contributed by atoms with E-state index in [1.165, 1.54) is 10.8 Å². The van der Waals surface area contributed by atoms with Crippen LogP contribution in [-0.2, 0) is 22.3 Å². The van der Waals surface area contributed by atoms with Crippen molar-refractivity contribution in [3.63, 3.8) is 0 Å². The van der Waals surface area contributed by atoms with E-state index in [0.717, 1.165) is 10.2 Å². The standard InChI is InChI=1S/C21H27N3O6/c1-20(2,3)29-18(27)23-11-13(17(25)26)15-14(23)9-7-8-12-10-24(22-16(12)15)19(28)30-21(4,5)6/h10-11H,7-9H2,1-6H3,(H,25,26). The van der Waals surface area contributed by atoms with E-state index in [9.17, 15) is 19.5 Å². The lowest BCUT2D eigenvalue weighted by atomic mass is 10.1. The first-order valence-corrected chi connectivity index (χ1v) is 9.80. The molecular formula is C21H27N3O6. The van der Waals surface area contributed by atoms with Gasteiger partial charge in [0.25, 0.3) is 0 Å². The molecule has 2 aromatic rings. The second-order valence-corrected chi connectivity index (χ2v) is 9.30. The van der Waals surface area contributed by atoms with Crippen molar-refractivity contribution in [3.8, 4) is 11.3 Å². The third-order valence-electron chi connectivity index (χ3n) is 4.39. The van der Waals surface area contributed by atoms with Crippen LogP contribution in [0.1, 0.15) is 69.6 Å². The monoisotopic (exact) mass is 417 g/mol. The van der Waals surface area contributed by atoms with Crippen molar-refractivity contribution in [2.45, 2.75) is 72.0 Å². The van der Waals surface area contributed by atoms with Crippen LogP contribution in [0.5, 0.6) is 0 Å². The van der Waals surface area contributed by atoms with E-state index in [0.29, 0.717) is 36.2 Å². The molecule has 0 fully saturated rings. The molecule has 3 rings (SSSR count). The Hall–Kier alpha value is -3.10. The number of hydrogen-bond acceptors (Lipinski definition) is 6. The van der Waals surface area contributed by atoms with Gasteiger partial charge in [0.1, 0.15) is 11.2 Å². The number of aromatic carboxylic acids is 1. The van der Waals surface area contributed by atoms with E-state index in [-0.39, 0.29) is 5.56 Å². The Morgan fingerprint density at radius 2 is 1.57 bits per heavy atom. The first-order chi connectivity index (χ1) is 13.8. The minimum Gasteiger partial charge on any atom is -0.478 e. The van der Waals surface area contributed by atoms with Gasteiger partial charge in [0.2, 0.25) is 0 Å². The van der Waals surface area contributed by atoms with Crippen molar-refractivity contribution in [2.75, 3.05) is 0 Å². The van der Waals surface area contributed by atoms with E-state index in [1.54, 1.807) is 47.7 Å². The largest absolute Gasteiger partial charge is 0.478 e. The number of ether oxygens (including phenoxy) is 2. The molecule has 9 nitrogen and oxygen atoms in total. The first kappa shape index (κ1) is 21.6. The summed E-state index contributed by atoms with van der Waals surface area (Å²) >= 11 is 0. The van der Waals surface area contributed by atoms with Gasteiger partial charge in [0, 0.05) is 23.7 Å². The molecule has 0 atom stereocenters. The molecular weight excluding hydrogens is 390 g/mol. The van der Waals surface area contributed by atoms with E-state index in [2.05, 4.69) is 5.10 Å². The van der Waals surface area contributed by atoms with Gasteiger partial charge < -0.3 is 14.6 Å². The van der Waals surface area contributed by atoms with Crippen LogP contribution in [0.25, 0.3) is 11.3 Å². The van der Waals surface area contributed by atoms with Crippen molar-refractivity contribution < 1.29 is 29.0 Å². The lowest BCUT2D eigenvalue weighted by Gasteiger charge is -2.20. The first-order valence-electron chi connectivity index (χ1n) is 9.80. The van der Waals surface area contributed by atoms with Crippen LogP contribution in [0.2, 0.25) is 0 Å². The highest BCUT2D eigenvalue weighted by atomic mass is 16.6. The van der Waals surface area contributed by atoms with Crippen LogP contribution >= 0.6 is 0 Å². The van der Waals surface area contributed by atoms with Gasteiger partial charge in [-0.25, -0.2) is 14.4 Å². The van der Waals surface area contributed by atoms with Gasteiger partial charge in [-0.1, -0.05) is 0 Å². The minimum atomic E-state index is -1.19. The van der Waals surface area contributed by atoms with Gasteiger partial charge >= 0.3 is 18.2 Å². The molecule has 0 bridgehead atoms. The van der Waals surface area contributed by atoms with Crippen LogP contribution in [-0.4, -0.2) is 48.8 Å². The zero-order valence-corrected chi connectivity index (χ0v) is 18.1. The molecule has 0 saturated heterocycles. The number of aromatic nitrogens is 3. The predicted molar refractivity (Wildman–Crippen MR) is 108 cm³/mol. The zero-order valence-electron chi connectivity index (χ0n) is 18.1. The molecule has 0 spiro atoms. The normalized spacial score (nSPS) is 13.8. The molecule has 0 saturated carbocycles. The van der Waals surface area contributed by atoms with Gasteiger partial charge in [-0.3, -0.25) is 4.57 Å². The van der Waals surface area contributed by atoms with Crippen LogP contribution in [0, 0.1) is 0 Å². The quantitative estimate of drug-likeness (QED) is 0.743. The van der Waals surface area contributed by atoms with E-state index < -0.39 is 29.4 Å². The molecule has 0 aromatic carbocycles. The Balaban J connectivity index is 2.12. The number of carboxylic acids is 1. The average Bonchev–Trinajstić information content (AvgIpc) is 3.10. The molecule has 0 aliphatic heterocycles. The molecule has 30 heavy (non-hydrogen) atoms. The lowest BCUT2D eigenvalue weighted by Crippen LogP contribution is -2.28. The van der Waals surface area contributed by atoms with Crippen molar-refractivity contribution >= 4 is 18.2 Å². The van der Waals surface area contributed by atoms with Gasteiger partial charge in [0.15, 0.2) is 0 Å². The maximum Gasteiger partial charge on any atom is 0.435 e. The number of hydrogen-bond donors (Lipinski definition) is 1. The average molecular weight is 417 g/mol. The van der Waals surface area contributed by atoms with Gasteiger partial charge in [0.05, 0.1) is 11.3 Å². The second-order valence-electron chi connectivity index (χ2n) is 9.30. The van der Waals surface area contributed by atoms with E-state index in [4.69, 9.17) is 9.47 Å².